The highest BCUT2D eigenvalue weighted by Crippen LogP contribution is 2.36. The molecule has 0 saturated carbocycles. The summed E-state index contributed by atoms with van der Waals surface area (Å²) in [5.41, 5.74) is 4.07. The Kier molecular flexibility index (Phi) is 3.37. The summed E-state index contributed by atoms with van der Waals surface area (Å²) in [6.07, 6.45) is 2.44. The van der Waals surface area contributed by atoms with E-state index < -0.39 is 0 Å². The van der Waals surface area contributed by atoms with Gasteiger partial charge in [0, 0.05) is 35.0 Å². The van der Waals surface area contributed by atoms with Gasteiger partial charge in [-0.3, -0.25) is 4.79 Å². The van der Waals surface area contributed by atoms with Crippen LogP contribution in [0.25, 0.3) is 10.9 Å². The van der Waals surface area contributed by atoms with E-state index in [0.717, 1.165) is 33.5 Å². The fourth-order valence-corrected chi connectivity index (χ4v) is 3.02. The first kappa shape index (κ1) is 13.6. The zero-order chi connectivity index (χ0) is 15.0. The number of benzene rings is 1. The molecule has 1 atom stereocenters. The number of rotatable bonds is 4. The molecule has 3 aromatic rings. The molecule has 0 amide bonds. The quantitative estimate of drug-likeness (QED) is 0.790. The van der Waals surface area contributed by atoms with E-state index in [4.69, 9.17) is 4.52 Å². The molecule has 1 N–H and O–H groups in total. The SMILES string of the molecule is CC(=O)C[C@@H](c1c(C)noc1C)c1c[nH]c2ccccc12. The highest BCUT2D eigenvalue weighted by Gasteiger charge is 2.25. The van der Waals surface area contributed by atoms with E-state index in [-0.39, 0.29) is 11.7 Å². The maximum atomic E-state index is 11.7. The number of aromatic amines is 1. The summed E-state index contributed by atoms with van der Waals surface area (Å²) in [5.74, 6) is 0.916. The lowest BCUT2D eigenvalue weighted by Gasteiger charge is -2.15. The third-order valence-corrected chi connectivity index (χ3v) is 3.93. The molecule has 0 aliphatic carbocycles. The minimum Gasteiger partial charge on any atom is -0.361 e. The number of H-pyrrole nitrogens is 1. The van der Waals surface area contributed by atoms with Crippen LogP contribution in [0.15, 0.2) is 35.0 Å². The second kappa shape index (κ2) is 5.20. The number of hydrogen-bond acceptors (Lipinski definition) is 3. The average Bonchev–Trinajstić information content (AvgIpc) is 3.01. The number of hydrogen-bond donors (Lipinski definition) is 1. The normalized spacial score (nSPS) is 12.7. The third-order valence-electron chi connectivity index (χ3n) is 3.93. The van der Waals surface area contributed by atoms with Crippen molar-refractivity contribution in [1.29, 1.82) is 0 Å². The zero-order valence-corrected chi connectivity index (χ0v) is 12.4. The standard InChI is InChI=1S/C17H18N2O2/c1-10(20)8-14(17-11(2)19-21-12(17)3)15-9-18-16-7-5-4-6-13(15)16/h4-7,9,14,18H,8H2,1-3H3/t14-/m1/s1. The van der Waals surface area contributed by atoms with E-state index >= 15 is 0 Å². The molecule has 3 rings (SSSR count). The van der Waals surface area contributed by atoms with Crippen molar-refractivity contribution in [2.45, 2.75) is 33.1 Å². The van der Waals surface area contributed by atoms with Gasteiger partial charge in [0.05, 0.1) is 5.69 Å². The van der Waals surface area contributed by atoms with Gasteiger partial charge in [0.25, 0.3) is 0 Å². The lowest BCUT2D eigenvalue weighted by Crippen LogP contribution is -2.07. The lowest BCUT2D eigenvalue weighted by atomic mass is 9.86. The van der Waals surface area contributed by atoms with E-state index in [1.807, 2.05) is 38.2 Å². The summed E-state index contributed by atoms with van der Waals surface area (Å²) in [5, 5.41) is 5.18. The van der Waals surface area contributed by atoms with E-state index in [1.165, 1.54) is 0 Å². The number of carbonyl (C=O) groups is 1. The summed E-state index contributed by atoms with van der Waals surface area (Å²) in [7, 11) is 0. The Bertz CT molecular complexity index is 779. The minimum atomic E-state index is -0.0232. The molecule has 0 spiro atoms. The number of para-hydroxylation sites is 1. The Morgan fingerprint density at radius 1 is 1.33 bits per heavy atom. The van der Waals surface area contributed by atoms with Crippen molar-refractivity contribution in [3.05, 3.63) is 53.0 Å². The van der Waals surface area contributed by atoms with Crippen molar-refractivity contribution in [3.63, 3.8) is 0 Å². The van der Waals surface area contributed by atoms with Crippen molar-refractivity contribution >= 4 is 16.7 Å². The molecular formula is C17H18N2O2. The van der Waals surface area contributed by atoms with Crippen LogP contribution in [0.4, 0.5) is 0 Å². The van der Waals surface area contributed by atoms with Crippen LogP contribution in [-0.4, -0.2) is 15.9 Å². The first-order valence-electron chi connectivity index (χ1n) is 7.06. The van der Waals surface area contributed by atoms with Gasteiger partial charge < -0.3 is 9.51 Å². The fourth-order valence-electron chi connectivity index (χ4n) is 3.02. The molecule has 0 fully saturated rings. The Morgan fingerprint density at radius 2 is 2.10 bits per heavy atom. The van der Waals surface area contributed by atoms with Gasteiger partial charge in [-0.25, -0.2) is 0 Å². The second-order valence-electron chi connectivity index (χ2n) is 5.49. The molecule has 4 heteroatoms. The number of aromatic nitrogens is 2. The highest BCUT2D eigenvalue weighted by atomic mass is 16.5. The maximum absolute atomic E-state index is 11.7. The van der Waals surface area contributed by atoms with Crippen LogP contribution in [-0.2, 0) is 4.79 Å². The number of ketones is 1. The van der Waals surface area contributed by atoms with Crippen molar-refractivity contribution in [1.82, 2.24) is 10.1 Å². The molecule has 2 aromatic heterocycles. The van der Waals surface area contributed by atoms with E-state index in [0.29, 0.717) is 6.42 Å². The summed E-state index contributed by atoms with van der Waals surface area (Å²) < 4.78 is 5.30. The zero-order valence-electron chi connectivity index (χ0n) is 12.4. The number of nitrogens with zero attached hydrogens (tertiary/aromatic N) is 1. The fraction of sp³-hybridized carbons (Fsp3) is 0.294. The predicted molar refractivity (Wildman–Crippen MR) is 81.4 cm³/mol. The average molecular weight is 282 g/mol. The molecule has 0 saturated heterocycles. The van der Waals surface area contributed by atoms with Crippen LogP contribution < -0.4 is 0 Å². The Morgan fingerprint density at radius 3 is 2.76 bits per heavy atom. The number of nitrogens with one attached hydrogen (secondary N) is 1. The number of Topliss-reactive ketones (excluding diaryl/α,β-unsaturated/α-hetero) is 1. The third kappa shape index (κ3) is 2.37. The van der Waals surface area contributed by atoms with Gasteiger partial charge in [-0.05, 0) is 32.4 Å². The maximum Gasteiger partial charge on any atom is 0.137 e. The van der Waals surface area contributed by atoms with Gasteiger partial charge in [-0.2, -0.15) is 0 Å². The van der Waals surface area contributed by atoms with Gasteiger partial charge in [-0.1, -0.05) is 23.4 Å². The van der Waals surface area contributed by atoms with Gasteiger partial charge in [0.15, 0.2) is 0 Å². The smallest absolute Gasteiger partial charge is 0.137 e. The molecule has 4 nitrogen and oxygen atoms in total. The van der Waals surface area contributed by atoms with E-state index in [9.17, 15) is 4.79 Å². The van der Waals surface area contributed by atoms with E-state index in [1.54, 1.807) is 6.92 Å². The topological polar surface area (TPSA) is 58.9 Å². The lowest BCUT2D eigenvalue weighted by molar-refractivity contribution is -0.117. The van der Waals surface area contributed by atoms with Crippen LogP contribution in [0.1, 0.15) is 41.8 Å². The van der Waals surface area contributed by atoms with Gasteiger partial charge in [0.1, 0.15) is 11.5 Å². The van der Waals surface area contributed by atoms with Crippen LogP contribution in [0.3, 0.4) is 0 Å². The Balaban J connectivity index is 2.18. The van der Waals surface area contributed by atoms with E-state index in [2.05, 4.69) is 16.2 Å². The van der Waals surface area contributed by atoms with Crippen LogP contribution in [0.5, 0.6) is 0 Å². The molecule has 2 heterocycles. The van der Waals surface area contributed by atoms with Crippen LogP contribution in [0, 0.1) is 13.8 Å². The van der Waals surface area contributed by atoms with Gasteiger partial charge in [0.2, 0.25) is 0 Å². The summed E-state index contributed by atoms with van der Waals surface area (Å²) >= 11 is 0. The van der Waals surface area contributed by atoms with Crippen LogP contribution in [0.2, 0.25) is 0 Å². The molecule has 0 aliphatic heterocycles. The van der Waals surface area contributed by atoms with Crippen molar-refractivity contribution in [2.75, 3.05) is 0 Å². The molecule has 0 radical (unpaired) electrons. The molecule has 0 bridgehead atoms. The molecule has 0 aliphatic rings. The largest absolute Gasteiger partial charge is 0.361 e. The summed E-state index contributed by atoms with van der Waals surface area (Å²) in [4.78, 5) is 15.0. The molecule has 21 heavy (non-hydrogen) atoms. The molecule has 108 valence electrons. The second-order valence-corrected chi connectivity index (χ2v) is 5.49. The molecule has 1 aromatic carbocycles. The summed E-state index contributed by atoms with van der Waals surface area (Å²) in [6, 6.07) is 8.12. The highest BCUT2D eigenvalue weighted by molar-refractivity contribution is 5.86. The Hall–Kier alpha value is -2.36. The number of aryl methyl sites for hydroxylation is 2. The monoisotopic (exact) mass is 282 g/mol. The minimum absolute atomic E-state index is 0.0232. The number of carbonyl (C=O) groups excluding carboxylic acids is 1. The Labute approximate surface area is 123 Å². The summed E-state index contributed by atoms with van der Waals surface area (Å²) in [6.45, 7) is 5.45. The van der Waals surface area contributed by atoms with Crippen molar-refractivity contribution in [2.24, 2.45) is 0 Å². The van der Waals surface area contributed by atoms with Crippen molar-refractivity contribution in [3.8, 4) is 0 Å². The first-order valence-corrected chi connectivity index (χ1v) is 7.06. The van der Waals surface area contributed by atoms with Gasteiger partial charge >= 0.3 is 0 Å². The molecular weight excluding hydrogens is 264 g/mol. The van der Waals surface area contributed by atoms with Gasteiger partial charge in [-0.15, -0.1) is 0 Å². The van der Waals surface area contributed by atoms with Crippen molar-refractivity contribution < 1.29 is 9.32 Å². The van der Waals surface area contributed by atoms with Crippen LogP contribution >= 0.6 is 0 Å². The molecule has 0 unspecified atom stereocenters. The predicted octanol–water partition coefficient (Wildman–Crippen LogP) is 3.88. The first-order chi connectivity index (χ1) is 10.1. The number of fused-ring (bicyclic) bond motifs is 1.